The van der Waals surface area contributed by atoms with Gasteiger partial charge < -0.3 is 14.2 Å². The summed E-state index contributed by atoms with van der Waals surface area (Å²) in [5.74, 6) is 1.51. The van der Waals surface area contributed by atoms with Crippen LogP contribution >= 0.6 is 0 Å². The Morgan fingerprint density at radius 1 is 1.36 bits per heavy atom. The Morgan fingerprint density at radius 3 is 2.73 bits per heavy atom. The molecule has 1 atom stereocenters. The van der Waals surface area contributed by atoms with Gasteiger partial charge in [-0.05, 0) is 13.3 Å². The molecule has 0 bridgehead atoms. The Morgan fingerprint density at radius 2 is 2.09 bits per heavy atom. The monoisotopic (exact) mass is 310 g/mol. The van der Waals surface area contributed by atoms with E-state index in [0.717, 1.165) is 38.2 Å². The highest BCUT2D eigenvalue weighted by molar-refractivity contribution is 5.77. The number of nitrogens with zero attached hydrogens (tertiary/aromatic N) is 4. The summed E-state index contributed by atoms with van der Waals surface area (Å²) in [7, 11) is 1.54. The van der Waals surface area contributed by atoms with Gasteiger partial charge in [0.15, 0.2) is 5.82 Å². The largest absolute Gasteiger partial charge is 0.375 e. The first-order valence-corrected chi connectivity index (χ1v) is 7.99. The fraction of sp³-hybridized carbons (Fsp3) is 0.800. The molecule has 0 unspecified atom stereocenters. The minimum Gasteiger partial charge on any atom is -0.375 e. The number of aryl methyl sites for hydroxylation is 1. The number of rotatable bonds is 7. The van der Waals surface area contributed by atoms with E-state index >= 15 is 0 Å². The molecule has 124 valence electrons. The number of methoxy groups -OCH3 is 1. The van der Waals surface area contributed by atoms with E-state index in [2.05, 4.69) is 28.9 Å². The SMILES string of the molecule is CCCCc1noc([C@@H](C)N2CCN(C(=O)COC)CC2)n1. The lowest BCUT2D eigenvalue weighted by atomic mass is 10.2. The van der Waals surface area contributed by atoms with E-state index in [1.54, 1.807) is 7.11 Å². The fourth-order valence-corrected chi connectivity index (χ4v) is 2.60. The zero-order valence-electron chi connectivity index (χ0n) is 13.7. The Bertz CT molecular complexity index is 469. The van der Waals surface area contributed by atoms with Crippen LogP contribution in [0, 0.1) is 0 Å². The van der Waals surface area contributed by atoms with E-state index in [9.17, 15) is 4.79 Å². The molecule has 1 aliphatic rings. The molecular weight excluding hydrogens is 284 g/mol. The van der Waals surface area contributed by atoms with Gasteiger partial charge in [0.1, 0.15) is 6.61 Å². The number of carbonyl (C=O) groups is 1. The molecule has 0 N–H and O–H groups in total. The third kappa shape index (κ3) is 4.27. The van der Waals surface area contributed by atoms with Crippen molar-refractivity contribution in [2.45, 2.75) is 39.2 Å². The summed E-state index contributed by atoms with van der Waals surface area (Å²) in [5, 5.41) is 4.04. The number of carbonyl (C=O) groups excluding carboxylic acids is 1. The van der Waals surface area contributed by atoms with E-state index in [1.807, 2.05) is 4.90 Å². The first kappa shape index (κ1) is 16.9. The molecule has 0 radical (unpaired) electrons. The summed E-state index contributed by atoms with van der Waals surface area (Å²) in [6.07, 6.45) is 3.07. The van der Waals surface area contributed by atoms with Crippen LogP contribution in [0.5, 0.6) is 0 Å². The lowest BCUT2D eigenvalue weighted by Gasteiger charge is -2.36. The summed E-state index contributed by atoms with van der Waals surface area (Å²) < 4.78 is 10.3. The Kier molecular flexibility index (Phi) is 6.33. The topological polar surface area (TPSA) is 71.7 Å². The minimum absolute atomic E-state index is 0.0504. The number of amides is 1. The normalized spacial score (nSPS) is 17.7. The average molecular weight is 310 g/mol. The lowest BCUT2D eigenvalue weighted by molar-refractivity contribution is -0.137. The minimum atomic E-state index is 0.0504. The van der Waals surface area contributed by atoms with E-state index < -0.39 is 0 Å². The number of unbranched alkanes of at least 4 members (excludes halogenated alkanes) is 1. The van der Waals surface area contributed by atoms with Crippen molar-refractivity contribution in [3.05, 3.63) is 11.7 Å². The molecule has 2 heterocycles. The van der Waals surface area contributed by atoms with Crippen molar-refractivity contribution >= 4 is 5.91 Å². The van der Waals surface area contributed by atoms with Crippen LogP contribution in [0.2, 0.25) is 0 Å². The fourth-order valence-electron chi connectivity index (χ4n) is 2.60. The average Bonchev–Trinajstić information content (AvgIpc) is 3.01. The molecular formula is C15H26N4O3. The molecule has 7 heteroatoms. The van der Waals surface area contributed by atoms with Gasteiger partial charge in [-0.3, -0.25) is 9.69 Å². The van der Waals surface area contributed by atoms with Gasteiger partial charge in [0.25, 0.3) is 0 Å². The summed E-state index contributed by atoms with van der Waals surface area (Å²) in [6.45, 7) is 7.41. The van der Waals surface area contributed by atoms with Gasteiger partial charge in [0.2, 0.25) is 11.8 Å². The quantitative estimate of drug-likeness (QED) is 0.755. The maximum atomic E-state index is 11.8. The second-order valence-corrected chi connectivity index (χ2v) is 5.68. The second-order valence-electron chi connectivity index (χ2n) is 5.68. The highest BCUT2D eigenvalue weighted by Gasteiger charge is 2.27. The van der Waals surface area contributed by atoms with E-state index in [1.165, 1.54) is 0 Å². The summed E-state index contributed by atoms with van der Waals surface area (Å²) in [4.78, 5) is 20.4. The standard InChI is InChI=1S/C15H26N4O3/c1-4-5-6-13-16-15(22-17-13)12(2)18-7-9-19(10-8-18)14(20)11-21-3/h12H,4-11H2,1-3H3/t12-/m1/s1. The van der Waals surface area contributed by atoms with E-state index in [0.29, 0.717) is 19.0 Å². The zero-order valence-corrected chi connectivity index (χ0v) is 13.7. The molecule has 1 aliphatic heterocycles. The van der Waals surface area contributed by atoms with Crippen LogP contribution < -0.4 is 0 Å². The second kappa shape index (κ2) is 8.24. The van der Waals surface area contributed by atoms with Gasteiger partial charge in [0, 0.05) is 39.7 Å². The van der Waals surface area contributed by atoms with Crippen LogP contribution in [0.4, 0.5) is 0 Å². The summed E-state index contributed by atoms with van der Waals surface area (Å²) >= 11 is 0. The Labute approximate surface area is 131 Å². The zero-order chi connectivity index (χ0) is 15.9. The van der Waals surface area contributed by atoms with Crippen LogP contribution in [0.25, 0.3) is 0 Å². The van der Waals surface area contributed by atoms with Crippen molar-refractivity contribution in [3.63, 3.8) is 0 Å². The molecule has 1 aromatic rings. The molecule has 0 saturated carbocycles. The van der Waals surface area contributed by atoms with Crippen LogP contribution in [0.15, 0.2) is 4.52 Å². The van der Waals surface area contributed by atoms with Gasteiger partial charge >= 0.3 is 0 Å². The number of piperazine rings is 1. The highest BCUT2D eigenvalue weighted by atomic mass is 16.5. The van der Waals surface area contributed by atoms with Crippen LogP contribution in [-0.2, 0) is 16.0 Å². The molecule has 1 fully saturated rings. The van der Waals surface area contributed by atoms with Crippen LogP contribution in [0.1, 0.15) is 44.4 Å². The molecule has 1 amide bonds. The van der Waals surface area contributed by atoms with Gasteiger partial charge in [-0.1, -0.05) is 18.5 Å². The molecule has 22 heavy (non-hydrogen) atoms. The number of ether oxygens (including phenoxy) is 1. The van der Waals surface area contributed by atoms with Crippen molar-refractivity contribution in [1.82, 2.24) is 19.9 Å². The highest BCUT2D eigenvalue weighted by Crippen LogP contribution is 2.20. The number of hydrogen-bond acceptors (Lipinski definition) is 6. The summed E-state index contributed by atoms with van der Waals surface area (Å²) in [6, 6.07) is 0.0857. The van der Waals surface area contributed by atoms with Crippen molar-refractivity contribution < 1.29 is 14.1 Å². The number of aromatic nitrogens is 2. The van der Waals surface area contributed by atoms with Crippen molar-refractivity contribution in [3.8, 4) is 0 Å². The van der Waals surface area contributed by atoms with Crippen molar-refractivity contribution in [1.29, 1.82) is 0 Å². The molecule has 0 spiro atoms. The third-order valence-corrected chi connectivity index (χ3v) is 4.08. The smallest absolute Gasteiger partial charge is 0.248 e. The van der Waals surface area contributed by atoms with Crippen LogP contribution in [-0.4, -0.2) is 65.7 Å². The molecule has 0 aliphatic carbocycles. The predicted octanol–water partition coefficient (Wildman–Crippen LogP) is 1.26. The molecule has 0 aromatic carbocycles. The Hall–Kier alpha value is -1.47. The van der Waals surface area contributed by atoms with Gasteiger partial charge in [-0.2, -0.15) is 4.98 Å². The molecule has 1 aromatic heterocycles. The van der Waals surface area contributed by atoms with Crippen molar-refractivity contribution in [2.24, 2.45) is 0 Å². The van der Waals surface area contributed by atoms with E-state index in [-0.39, 0.29) is 18.6 Å². The first-order chi connectivity index (χ1) is 10.7. The van der Waals surface area contributed by atoms with Crippen LogP contribution in [0.3, 0.4) is 0 Å². The van der Waals surface area contributed by atoms with Crippen molar-refractivity contribution in [2.75, 3.05) is 39.9 Å². The molecule has 2 rings (SSSR count). The summed E-state index contributed by atoms with van der Waals surface area (Å²) in [5.41, 5.74) is 0. The maximum absolute atomic E-state index is 11.8. The number of hydrogen-bond donors (Lipinski definition) is 0. The first-order valence-electron chi connectivity index (χ1n) is 7.99. The van der Waals surface area contributed by atoms with Gasteiger partial charge in [-0.25, -0.2) is 0 Å². The predicted molar refractivity (Wildman–Crippen MR) is 81.4 cm³/mol. The molecule has 7 nitrogen and oxygen atoms in total. The van der Waals surface area contributed by atoms with Gasteiger partial charge in [-0.15, -0.1) is 0 Å². The Balaban J connectivity index is 1.85. The van der Waals surface area contributed by atoms with Gasteiger partial charge in [0.05, 0.1) is 6.04 Å². The lowest BCUT2D eigenvalue weighted by Crippen LogP contribution is -2.50. The third-order valence-electron chi connectivity index (χ3n) is 4.08. The maximum Gasteiger partial charge on any atom is 0.248 e. The van der Waals surface area contributed by atoms with E-state index in [4.69, 9.17) is 9.26 Å². The molecule has 1 saturated heterocycles.